The Hall–Kier alpha value is -6.39. The molecule has 0 spiro atoms. The van der Waals surface area contributed by atoms with Crippen molar-refractivity contribution in [1.29, 1.82) is 0 Å². The number of aliphatic hydroxyl groups excluding tert-OH is 1. The minimum absolute atomic E-state index is 0.0124. The van der Waals surface area contributed by atoms with Crippen LogP contribution in [0.2, 0.25) is 0 Å². The number of aromatic hydroxyl groups is 1. The quantitative estimate of drug-likeness (QED) is 0.0385. The fraction of sp³-hybridized carbons (Fsp3) is 0.431. The topological polar surface area (TPSA) is 222 Å². The maximum atomic E-state index is 14.0. The van der Waals surface area contributed by atoms with Crippen LogP contribution in [-0.4, -0.2) is 91.8 Å². The van der Waals surface area contributed by atoms with E-state index in [1.54, 1.807) is 41.7 Å². The molecule has 1 aliphatic rings. The largest absolute Gasteiger partial charge is 0.507 e. The second-order valence-corrected chi connectivity index (χ2v) is 19.1. The number of carbonyl (C=O) groups excluding carboxylic acids is 4. The lowest BCUT2D eigenvalue weighted by Gasteiger charge is -2.35. The van der Waals surface area contributed by atoms with Crippen molar-refractivity contribution in [3.05, 3.63) is 107 Å². The standard InChI is InChI=1S/C51H64N8O7S/c1-33-46(67-32-55-33)36-24-22-34(23-25-36)28-54-49(64)41-26-38(60)30-59(41)50(65)47(51(2,3)4)56-45(63)21-13-8-6-5-7-12-20-44(62)53-29-37(35-16-10-9-11-17-35)31-66-43-27-40(57-58-48(43)52)39-18-14-15-19-42(39)61/h9-11,14-19,22-25,27,32,37-38,41,47,60-61H,5-8,12-13,20-21,26,28-31H2,1-4H3,(H2,52,58)(H,53,62)(H,54,64)(H,56,63). The number of phenolic OH excluding ortho intramolecular Hbond substituents is 1. The number of carbonyl (C=O) groups is 4. The van der Waals surface area contributed by atoms with Gasteiger partial charge in [-0.15, -0.1) is 21.5 Å². The van der Waals surface area contributed by atoms with E-state index in [0.29, 0.717) is 36.4 Å². The van der Waals surface area contributed by atoms with Gasteiger partial charge in [0.05, 0.1) is 28.8 Å². The number of ether oxygens (including phenoxy) is 1. The number of unbranched alkanes of at least 4 members (excludes halogenated alkanes) is 5. The van der Waals surface area contributed by atoms with Gasteiger partial charge in [-0.2, -0.15) is 0 Å². The van der Waals surface area contributed by atoms with E-state index in [9.17, 15) is 29.4 Å². The van der Waals surface area contributed by atoms with Crippen LogP contribution in [0.4, 0.5) is 5.82 Å². The lowest BCUT2D eigenvalue weighted by molar-refractivity contribution is -0.144. The zero-order valence-electron chi connectivity index (χ0n) is 38.9. The van der Waals surface area contributed by atoms with E-state index in [-0.39, 0.29) is 73.7 Å². The van der Waals surface area contributed by atoms with Crippen molar-refractivity contribution in [2.75, 3.05) is 25.4 Å². The van der Waals surface area contributed by atoms with Crippen molar-refractivity contribution in [1.82, 2.24) is 36.0 Å². The molecule has 356 valence electrons. The van der Waals surface area contributed by atoms with Gasteiger partial charge in [0.2, 0.25) is 23.6 Å². The fourth-order valence-corrected chi connectivity index (χ4v) is 8.94. The molecule has 3 aromatic carbocycles. The van der Waals surface area contributed by atoms with Gasteiger partial charge in [0.1, 0.15) is 23.5 Å². The number of nitrogen functional groups attached to an aromatic ring is 1. The number of amides is 4. The highest BCUT2D eigenvalue weighted by atomic mass is 32.1. The first-order valence-corrected chi connectivity index (χ1v) is 24.0. The summed E-state index contributed by atoms with van der Waals surface area (Å²) >= 11 is 1.58. The predicted molar refractivity (Wildman–Crippen MR) is 260 cm³/mol. The number of anilines is 1. The SMILES string of the molecule is Cc1ncsc1-c1ccc(CNC(=O)C2CC(O)CN2C(=O)C(NC(=O)CCCCCCCCC(=O)NCC(COc2cc(-c3ccccc3O)nnc2N)c2ccccc2)C(C)(C)C)cc1. The molecule has 0 bridgehead atoms. The van der Waals surface area contributed by atoms with Gasteiger partial charge in [0.25, 0.3) is 0 Å². The summed E-state index contributed by atoms with van der Waals surface area (Å²) in [5, 5.41) is 38.0. The van der Waals surface area contributed by atoms with Crippen LogP contribution >= 0.6 is 11.3 Å². The third-order valence-electron chi connectivity index (χ3n) is 12.0. The molecule has 0 aliphatic carbocycles. The van der Waals surface area contributed by atoms with Crippen LogP contribution in [0.5, 0.6) is 11.5 Å². The number of para-hydroxylation sites is 1. The van der Waals surface area contributed by atoms with Gasteiger partial charge in [-0.1, -0.05) is 113 Å². The van der Waals surface area contributed by atoms with Crippen LogP contribution in [-0.2, 0) is 25.7 Å². The molecule has 2 aromatic heterocycles. The summed E-state index contributed by atoms with van der Waals surface area (Å²) in [6, 6.07) is 24.4. The van der Waals surface area contributed by atoms with Crippen LogP contribution in [0.3, 0.4) is 0 Å². The van der Waals surface area contributed by atoms with Crippen LogP contribution < -0.4 is 26.4 Å². The van der Waals surface area contributed by atoms with Crippen molar-refractivity contribution < 1.29 is 34.1 Å². The minimum atomic E-state index is -0.883. The van der Waals surface area contributed by atoms with E-state index in [0.717, 1.165) is 59.4 Å². The second kappa shape index (κ2) is 23.9. The highest BCUT2D eigenvalue weighted by Crippen LogP contribution is 2.32. The summed E-state index contributed by atoms with van der Waals surface area (Å²) in [6.45, 7) is 8.46. The number of nitrogens with zero attached hydrogens (tertiary/aromatic N) is 4. The third kappa shape index (κ3) is 14.3. The molecule has 67 heavy (non-hydrogen) atoms. The van der Waals surface area contributed by atoms with Crippen LogP contribution in [0, 0.1) is 12.3 Å². The Labute approximate surface area is 397 Å². The summed E-state index contributed by atoms with van der Waals surface area (Å²) < 4.78 is 6.13. The van der Waals surface area contributed by atoms with Gasteiger partial charge in [-0.05, 0) is 54.0 Å². The molecule has 0 saturated carbocycles. The number of hydrogen-bond acceptors (Lipinski definition) is 12. The Morgan fingerprint density at radius 3 is 2.22 bits per heavy atom. The van der Waals surface area contributed by atoms with Crippen LogP contribution in [0.1, 0.15) is 101 Å². The van der Waals surface area contributed by atoms with Gasteiger partial charge in [0.15, 0.2) is 11.6 Å². The number of benzene rings is 3. The number of phenols is 1. The van der Waals surface area contributed by atoms with Gasteiger partial charge in [-0.25, -0.2) is 4.98 Å². The first-order chi connectivity index (χ1) is 32.2. The fourth-order valence-electron chi connectivity index (χ4n) is 8.13. The number of nitrogens with two attached hydrogens (primary N) is 1. The first kappa shape index (κ1) is 50.0. The first-order valence-electron chi connectivity index (χ1n) is 23.1. The van der Waals surface area contributed by atoms with Crippen molar-refractivity contribution in [3.8, 4) is 33.2 Å². The maximum Gasteiger partial charge on any atom is 0.246 e. The Balaban J connectivity index is 0.886. The maximum absolute atomic E-state index is 14.0. The molecule has 3 heterocycles. The molecule has 7 N–H and O–H groups in total. The summed E-state index contributed by atoms with van der Waals surface area (Å²) in [7, 11) is 0. The highest BCUT2D eigenvalue weighted by molar-refractivity contribution is 7.13. The zero-order valence-corrected chi connectivity index (χ0v) is 39.7. The van der Waals surface area contributed by atoms with E-state index in [1.807, 2.05) is 87.8 Å². The molecular weight excluding hydrogens is 869 g/mol. The van der Waals surface area contributed by atoms with E-state index in [4.69, 9.17) is 10.5 Å². The summed E-state index contributed by atoms with van der Waals surface area (Å²) in [4.78, 5) is 60.4. The number of rotatable bonds is 22. The molecule has 1 aliphatic heterocycles. The molecule has 0 radical (unpaired) electrons. The molecule has 15 nitrogen and oxygen atoms in total. The summed E-state index contributed by atoms with van der Waals surface area (Å²) in [5.74, 6) is -0.673. The number of hydrogen-bond donors (Lipinski definition) is 6. The molecule has 4 atom stereocenters. The lowest BCUT2D eigenvalue weighted by atomic mass is 9.85. The van der Waals surface area contributed by atoms with Gasteiger partial charge in [0, 0.05) is 56.4 Å². The molecule has 1 saturated heterocycles. The molecule has 4 unspecified atom stereocenters. The van der Waals surface area contributed by atoms with Crippen LogP contribution in [0.25, 0.3) is 21.7 Å². The third-order valence-corrected chi connectivity index (χ3v) is 13.0. The van der Waals surface area contributed by atoms with Crippen molar-refractivity contribution >= 4 is 40.8 Å². The Morgan fingerprint density at radius 2 is 1.55 bits per heavy atom. The Bertz CT molecular complexity index is 2420. The second-order valence-electron chi connectivity index (χ2n) is 18.3. The average molecular weight is 933 g/mol. The van der Waals surface area contributed by atoms with Crippen LogP contribution in [0.15, 0.2) is 90.4 Å². The summed E-state index contributed by atoms with van der Waals surface area (Å²) in [5.41, 5.74) is 12.1. The van der Waals surface area contributed by atoms with Gasteiger partial charge in [-0.3, -0.25) is 19.2 Å². The number of aromatic nitrogens is 3. The highest BCUT2D eigenvalue weighted by Gasteiger charge is 2.44. The molecule has 16 heteroatoms. The lowest BCUT2D eigenvalue weighted by Crippen LogP contribution is -2.57. The Kier molecular flexibility index (Phi) is 17.8. The van der Waals surface area contributed by atoms with E-state index >= 15 is 0 Å². The molecule has 4 amide bonds. The molecule has 1 fully saturated rings. The zero-order chi connectivity index (χ0) is 47.9. The van der Waals surface area contributed by atoms with E-state index < -0.39 is 23.6 Å². The predicted octanol–water partition coefficient (Wildman–Crippen LogP) is 7.07. The Morgan fingerprint density at radius 1 is 0.881 bits per heavy atom. The van der Waals surface area contributed by atoms with Gasteiger partial charge >= 0.3 is 0 Å². The van der Waals surface area contributed by atoms with E-state index in [2.05, 4.69) is 31.1 Å². The van der Waals surface area contributed by atoms with Crippen molar-refractivity contribution in [2.24, 2.45) is 5.41 Å². The number of thiazole rings is 1. The number of β-amino-alcohol motifs (C(OH)–C–C–N with tert-alkyl or cyclic N) is 1. The summed E-state index contributed by atoms with van der Waals surface area (Å²) in [6.07, 6.45) is 4.80. The van der Waals surface area contributed by atoms with Gasteiger partial charge < -0.3 is 41.5 Å². The number of aliphatic hydroxyl groups is 1. The minimum Gasteiger partial charge on any atom is -0.507 e. The molecule has 5 aromatic rings. The normalized spacial score (nSPS) is 15.7. The van der Waals surface area contributed by atoms with Crippen molar-refractivity contribution in [2.45, 2.75) is 116 Å². The van der Waals surface area contributed by atoms with Crippen molar-refractivity contribution in [3.63, 3.8) is 0 Å². The molecule has 6 rings (SSSR count). The molecular formula is C51H64N8O7S. The number of likely N-dealkylation sites (tertiary alicyclic amines) is 1. The number of nitrogens with one attached hydrogen (secondary N) is 3. The monoisotopic (exact) mass is 932 g/mol. The smallest absolute Gasteiger partial charge is 0.246 e. The van der Waals surface area contributed by atoms with E-state index in [1.165, 1.54) is 4.90 Å². The number of aryl methyl sites for hydroxylation is 1. The average Bonchev–Trinajstić information content (AvgIpc) is 3.93.